The molecule has 0 radical (unpaired) electrons. The molecule has 0 aliphatic heterocycles. The van der Waals surface area contributed by atoms with Gasteiger partial charge in [-0.1, -0.05) is 36.4 Å². The lowest BCUT2D eigenvalue weighted by atomic mass is 10.0. The van der Waals surface area contributed by atoms with Gasteiger partial charge in [-0.3, -0.25) is 4.79 Å². The van der Waals surface area contributed by atoms with Crippen LogP contribution in [-0.4, -0.2) is 24.3 Å². The van der Waals surface area contributed by atoms with Gasteiger partial charge in [-0.2, -0.15) is 0 Å². The summed E-state index contributed by atoms with van der Waals surface area (Å²) in [7, 11) is -3.92. The van der Waals surface area contributed by atoms with Crippen LogP contribution in [0.2, 0.25) is 0 Å². The molecular weight excluding hydrogens is 455 g/mol. The van der Waals surface area contributed by atoms with Crippen LogP contribution < -0.4 is 10.0 Å². The maximum absolute atomic E-state index is 12.9. The second kappa shape index (κ2) is 8.49. The van der Waals surface area contributed by atoms with Crippen molar-refractivity contribution in [3.63, 3.8) is 0 Å². The number of anilines is 2. The Balaban J connectivity index is 1.24. The molecule has 0 spiro atoms. The van der Waals surface area contributed by atoms with Crippen molar-refractivity contribution in [3.05, 3.63) is 90.0 Å². The van der Waals surface area contributed by atoms with Crippen LogP contribution in [0.5, 0.6) is 0 Å². The number of carbonyl (C=O) groups excluding carboxylic acids is 1. The summed E-state index contributed by atoms with van der Waals surface area (Å²) in [6, 6.07) is 18.3. The van der Waals surface area contributed by atoms with E-state index < -0.39 is 15.8 Å². The van der Waals surface area contributed by atoms with Crippen molar-refractivity contribution in [1.82, 2.24) is 9.97 Å². The number of benzene rings is 3. The second-order valence-corrected chi connectivity index (χ2v) is 10.0. The van der Waals surface area contributed by atoms with E-state index in [1.54, 1.807) is 12.1 Å². The van der Waals surface area contributed by atoms with Crippen molar-refractivity contribution < 1.29 is 17.6 Å². The first-order valence-electron chi connectivity index (χ1n) is 10.7. The number of amides is 1. The Bertz CT molecular complexity index is 1490. The summed E-state index contributed by atoms with van der Waals surface area (Å²) < 4.78 is 40.2. The quantitative estimate of drug-likeness (QED) is 0.423. The summed E-state index contributed by atoms with van der Waals surface area (Å²) in [4.78, 5) is 20.0. The Hall–Kier alpha value is -3.85. The molecule has 1 fully saturated rings. The molecule has 2 atom stereocenters. The highest BCUT2D eigenvalue weighted by Gasteiger charge is 2.44. The SMILES string of the molecule is Cc1cccc2ccc(NC(=O)[C@@H]3CC3c3ccc(S(=O)(=O)Nc4ncc(F)cn4)cc3)cc12. The first kappa shape index (κ1) is 22.0. The Morgan fingerprint density at radius 2 is 1.76 bits per heavy atom. The summed E-state index contributed by atoms with van der Waals surface area (Å²) in [5.74, 6) is -1.06. The van der Waals surface area contributed by atoms with E-state index in [4.69, 9.17) is 0 Å². The van der Waals surface area contributed by atoms with E-state index in [0.717, 1.165) is 40.0 Å². The summed E-state index contributed by atoms with van der Waals surface area (Å²) in [5.41, 5.74) is 2.80. The summed E-state index contributed by atoms with van der Waals surface area (Å²) in [6.45, 7) is 2.04. The zero-order valence-electron chi connectivity index (χ0n) is 18.2. The maximum atomic E-state index is 12.9. The summed E-state index contributed by atoms with van der Waals surface area (Å²) >= 11 is 0. The third kappa shape index (κ3) is 4.47. The van der Waals surface area contributed by atoms with Gasteiger partial charge in [-0.15, -0.1) is 0 Å². The molecule has 5 rings (SSSR count). The molecule has 34 heavy (non-hydrogen) atoms. The molecule has 1 amide bonds. The van der Waals surface area contributed by atoms with E-state index in [-0.39, 0.29) is 28.6 Å². The van der Waals surface area contributed by atoms with Crippen molar-refractivity contribution in [2.45, 2.75) is 24.2 Å². The number of hydrogen-bond acceptors (Lipinski definition) is 5. The molecule has 172 valence electrons. The van der Waals surface area contributed by atoms with Crippen molar-refractivity contribution in [1.29, 1.82) is 0 Å². The van der Waals surface area contributed by atoms with Gasteiger partial charge >= 0.3 is 0 Å². The van der Waals surface area contributed by atoms with Gasteiger partial charge in [0.2, 0.25) is 11.9 Å². The van der Waals surface area contributed by atoms with Gasteiger partial charge in [0.05, 0.1) is 17.3 Å². The average molecular weight is 477 g/mol. The summed E-state index contributed by atoms with van der Waals surface area (Å²) in [6.07, 6.45) is 2.46. The van der Waals surface area contributed by atoms with Crippen molar-refractivity contribution >= 4 is 38.3 Å². The fraction of sp³-hybridized carbons (Fsp3) is 0.160. The van der Waals surface area contributed by atoms with Crippen molar-refractivity contribution in [2.24, 2.45) is 5.92 Å². The van der Waals surface area contributed by atoms with Crippen LogP contribution in [0.15, 0.2) is 78.0 Å². The highest BCUT2D eigenvalue weighted by atomic mass is 32.2. The fourth-order valence-corrected chi connectivity index (χ4v) is 4.99. The minimum atomic E-state index is -3.92. The largest absolute Gasteiger partial charge is 0.326 e. The van der Waals surface area contributed by atoms with Crippen molar-refractivity contribution in [3.8, 4) is 0 Å². The minimum absolute atomic E-state index is 0.0253. The van der Waals surface area contributed by atoms with Gasteiger partial charge < -0.3 is 5.32 Å². The number of hydrogen-bond donors (Lipinski definition) is 2. The predicted molar refractivity (Wildman–Crippen MR) is 127 cm³/mol. The van der Waals surface area contributed by atoms with Crippen LogP contribution in [0.4, 0.5) is 16.0 Å². The maximum Gasteiger partial charge on any atom is 0.264 e. The lowest BCUT2D eigenvalue weighted by Crippen LogP contribution is -2.15. The molecule has 0 bridgehead atoms. The third-order valence-corrected chi connectivity index (χ3v) is 7.30. The molecule has 1 aromatic heterocycles. The van der Waals surface area contributed by atoms with Gasteiger partial charge in [-0.05, 0) is 65.4 Å². The summed E-state index contributed by atoms with van der Waals surface area (Å²) in [5, 5.41) is 5.23. The van der Waals surface area contributed by atoms with Crippen molar-refractivity contribution in [2.75, 3.05) is 10.0 Å². The second-order valence-electron chi connectivity index (χ2n) is 8.35. The van der Waals surface area contributed by atoms with Crippen LogP contribution in [0.1, 0.15) is 23.5 Å². The number of fused-ring (bicyclic) bond motifs is 1. The van der Waals surface area contributed by atoms with E-state index in [9.17, 15) is 17.6 Å². The Morgan fingerprint density at radius 3 is 2.50 bits per heavy atom. The molecule has 3 aromatic carbocycles. The number of nitrogens with zero attached hydrogens (tertiary/aromatic N) is 2. The number of halogens is 1. The number of aromatic nitrogens is 2. The first-order valence-corrected chi connectivity index (χ1v) is 12.2. The topological polar surface area (TPSA) is 101 Å². The van der Waals surface area contributed by atoms with Crippen LogP contribution in [0, 0.1) is 18.7 Å². The van der Waals surface area contributed by atoms with Gasteiger partial charge in [-0.25, -0.2) is 27.5 Å². The highest BCUT2D eigenvalue weighted by Crippen LogP contribution is 2.48. The third-order valence-electron chi connectivity index (χ3n) is 5.96. The number of sulfonamides is 1. The van der Waals surface area contributed by atoms with E-state index in [1.165, 1.54) is 12.1 Å². The van der Waals surface area contributed by atoms with Crippen LogP contribution >= 0.6 is 0 Å². The lowest BCUT2D eigenvalue weighted by Gasteiger charge is -2.09. The molecular formula is C25H21FN4O3S. The normalized spacial score (nSPS) is 17.4. The molecule has 1 aliphatic carbocycles. The monoisotopic (exact) mass is 476 g/mol. The molecule has 1 saturated carbocycles. The van der Waals surface area contributed by atoms with Crippen LogP contribution in [0.25, 0.3) is 10.8 Å². The number of carbonyl (C=O) groups is 1. The minimum Gasteiger partial charge on any atom is -0.326 e. The van der Waals surface area contributed by atoms with E-state index in [1.807, 2.05) is 43.3 Å². The zero-order valence-corrected chi connectivity index (χ0v) is 19.0. The smallest absolute Gasteiger partial charge is 0.264 e. The van der Waals surface area contributed by atoms with Crippen LogP contribution in [0.3, 0.4) is 0 Å². The van der Waals surface area contributed by atoms with Gasteiger partial charge in [0, 0.05) is 11.6 Å². The standard InChI is InChI=1S/C25H21FN4O3S/c1-15-3-2-4-16-5-8-19(11-21(15)16)29-24(31)23-12-22(23)17-6-9-20(10-7-17)34(32,33)30-25-27-13-18(26)14-28-25/h2-11,13-14,22-23H,12H2,1H3,(H,29,31)(H,27,28,30)/t22?,23-/m1/s1. The predicted octanol–water partition coefficient (Wildman–Crippen LogP) is 4.62. The Labute approximate surface area is 196 Å². The lowest BCUT2D eigenvalue weighted by molar-refractivity contribution is -0.117. The highest BCUT2D eigenvalue weighted by molar-refractivity contribution is 7.92. The first-order chi connectivity index (χ1) is 16.3. The molecule has 9 heteroatoms. The van der Waals surface area contributed by atoms with E-state index in [2.05, 4.69) is 20.0 Å². The van der Waals surface area contributed by atoms with Gasteiger partial charge in [0.1, 0.15) is 0 Å². The number of aryl methyl sites for hydroxylation is 1. The molecule has 4 aromatic rings. The molecule has 7 nitrogen and oxygen atoms in total. The van der Waals surface area contributed by atoms with Gasteiger partial charge in [0.15, 0.2) is 5.82 Å². The number of rotatable bonds is 6. The molecule has 1 unspecified atom stereocenters. The molecule has 0 saturated heterocycles. The fourth-order valence-electron chi connectivity index (χ4n) is 4.03. The average Bonchev–Trinajstić information content (AvgIpc) is 3.62. The van der Waals surface area contributed by atoms with Crippen LogP contribution in [-0.2, 0) is 14.8 Å². The van der Waals surface area contributed by atoms with E-state index >= 15 is 0 Å². The molecule has 1 heterocycles. The molecule has 1 aliphatic rings. The number of nitrogens with one attached hydrogen (secondary N) is 2. The Kier molecular flexibility index (Phi) is 5.49. The zero-order chi connectivity index (χ0) is 23.9. The molecule has 2 N–H and O–H groups in total. The van der Waals surface area contributed by atoms with Gasteiger partial charge in [0.25, 0.3) is 10.0 Å². The Morgan fingerprint density at radius 1 is 1.03 bits per heavy atom. The van der Waals surface area contributed by atoms with E-state index in [0.29, 0.717) is 6.42 Å².